The SMILES string of the molecule is Cc1cc2cc(c1F)C(CC(=O)O)NC(=O)C(n1cc(CCN3CC(F)C3)c(C(F)(F)F)cc1=O)c1cc(ccc1F)Oc1cc(N3C4CCC3COC4)cc(C)c1-2. The highest BCUT2D eigenvalue weighted by Crippen LogP contribution is 2.45. The van der Waals surface area contributed by atoms with E-state index in [1.54, 1.807) is 11.0 Å². The van der Waals surface area contributed by atoms with Crippen LogP contribution in [0.2, 0.25) is 0 Å². The number of aromatic nitrogens is 1. The number of morpholine rings is 1. The molecule has 0 radical (unpaired) electrons. The lowest BCUT2D eigenvalue weighted by atomic mass is 9.91. The van der Waals surface area contributed by atoms with Crippen molar-refractivity contribution in [2.45, 2.75) is 76.0 Å². The molecule has 0 spiro atoms. The van der Waals surface area contributed by atoms with Gasteiger partial charge in [0, 0.05) is 60.3 Å². The van der Waals surface area contributed by atoms with Crippen LogP contribution in [-0.4, -0.2) is 77.6 Å². The molecule has 5 heterocycles. The maximum atomic E-state index is 16.2. The highest BCUT2D eigenvalue weighted by atomic mass is 19.4. The van der Waals surface area contributed by atoms with Crippen LogP contribution in [0.5, 0.6) is 11.5 Å². The van der Waals surface area contributed by atoms with Crippen molar-refractivity contribution in [1.82, 2.24) is 14.8 Å². The minimum atomic E-state index is -4.99. The molecule has 58 heavy (non-hydrogen) atoms. The number of anilines is 1. The van der Waals surface area contributed by atoms with Gasteiger partial charge in [-0.15, -0.1) is 0 Å². The molecule has 8 rings (SSSR count). The number of fused-ring (bicyclic) bond motifs is 8. The van der Waals surface area contributed by atoms with E-state index in [-0.39, 0.29) is 60.8 Å². The molecule has 3 fully saturated rings. The second-order valence-corrected chi connectivity index (χ2v) is 15.6. The van der Waals surface area contributed by atoms with E-state index in [0.29, 0.717) is 40.5 Å². The van der Waals surface area contributed by atoms with Crippen LogP contribution in [0.3, 0.4) is 0 Å². The van der Waals surface area contributed by atoms with E-state index < -0.39 is 76.6 Å². The third-order valence-corrected chi connectivity index (χ3v) is 11.6. The molecule has 4 unspecified atom stereocenters. The highest BCUT2D eigenvalue weighted by molar-refractivity contribution is 5.86. The summed E-state index contributed by atoms with van der Waals surface area (Å²) in [6.45, 7) is 4.43. The predicted octanol–water partition coefficient (Wildman–Crippen LogP) is 7.02. The molecule has 4 aliphatic heterocycles. The lowest BCUT2D eigenvalue weighted by Gasteiger charge is -2.37. The summed E-state index contributed by atoms with van der Waals surface area (Å²) in [5.74, 6) is -4.20. The number of benzene rings is 3. The van der Waals surface area contributed by atoms with Gasteiger partial charge >= 0.3 is 12.1 Å². The van der Waals surface area contributed by atoms with Crippen LogP contribution in [0.25, 0.3) is 11.1 Å². The van der Waals surface area contributed by atoms with E-state index in [9.17, 15) is 37.1 Å². The molecule has 4 aliphatic rings. The number of amides is 1. The Balaban J connectivity index is 1.33. The zero-order valence-corrected chi connectivity index (χ0v) is 31.5. The number of pyridine rings is 1. The third kappa shape index (κ3) is 7.43. The predicted molar refractivity (Wildman–Crippen MR) is 200 cm³/mol. The molecule has 16 heteroatoms. The van der Waals surface area contributed by atoms with E-state index in [1.807, 2.05) is 19.1 Å². The molecule has 1 aromatic heterocycles. The summed E-state index contributed by atoms with van der Waals surface area (Å²) in [5.41, 5.74) is -1.11. The highest BCUT2D eigenvalue weighted by Gasteiger charge is 2.40. The Bertz CT molecular complexity index is 2350. The molecule has 2 N–H and O–H groups in total. The first-order valence-corrected chi connectivity index (χ1v) is 19.0. The van der Waals surface area contributed by atoms with Crippen molar-refractivity contribution in [3.8, 4) is 22.6 Å². The average molecular weight is 811 g/mol. The summed E-state index contributed by atoms with van der Waals surface area (Å²) in [4.78, 5) is 44.4. The number of nitrogens with one attached hydrogen (secondary N) is 1. The van der Waals surface area contributed by atoms with Crippen molar-refractivity contribution in [2.24, 2.45) is 0 Å². The van der Waals surface area contributed by atoms with Crippen molar-refractivity contribution in [3.05, 3.63) is 110 Å². The van der Waals surface area contributed by atoms with Crippen LogP contribution in [0.1, 0.15) is 64.7 Å². The number of hydrogen-bond donors (Lipinski definition) is 2. The maximum Gasteiger partial charge on any atom is 0.416 e. The number of nitrogens with zero attached hydrogens (tertiary/aromatic N) is 3. The molecule has 10 nitrogen and oxygen atoms in total. The minimum Gasteiger partial charge on any atom is -0.481 e. The summed E-state index contributed by atoms with van der Waals surface area (Å²) < 4.78 is 102. The smallest absolute Gasteiger partial charge is 0.416 e. The van der Waals surface area contributed by atoms with Crippen molar-refractivity contribution < 1.29 is 50.5 Å². The number of halogens is 6. The summed E-state index contributed by atoms with van der Waals surface area (Å²) >= 11 is 0. The van der Waals surface area contributed by atoms with Gasteiger partial charge in [-0.05, 0) is 91.8 Å². The van der Waals surface area contributed by atoms with Crippen LogP contribution in [0.15, 0.2) is 59.5 Å². The lowest BCUT2D eigenvalue weighted by Crippen LogP contribution is -2.49. The summed E-state index contributed by atoms with van der Waals surface area (Å²) in [6, 6.07) is 7.15. The fourth-order valence-corrected chi connectivity index (χ4v) is 8.81. The monoisotopic (exact) mass is 810 g/mol. The van der Waals surface area contributed by atoms with Crippen LogP contribution >= 0.6 is 0 Å². The summed E-state index contributed by atoms with van der Waals surface area (Å²) in [5, 5.41) is 12.5. The molecule has 0 saturated carbocycles. The molecule has 6 bridgehead atoms. The van der Waals surface area contributed by atoms with Gasteiger partial charge in [0.25, 0.3) is 5.56 Å². The summed E-state index contributed by atoms with van der Waals surface area (Å²) in [6.07, 6.45) is -4.61. The number of hydrogen-bond acceptors (Lipinski definition) is 7. The number of aryl methyl sites for hydroxylation is 2. The second kappa shape index (κ2) is 15.1. The average Bonchev–Trinajstić information content (AvgIpc) is 3.39. The maximum absolute atomic E-state index is 16.2. The Morgan fingerprint density at radius 1 is 0.948 bits per heavy atom. The Morgan fingerprint density at radius 2 is 1.67 bits per heavy atom. The molecule has 3 saturated heterocycles. The molecular weight excluding hydrogens is 770 g/mol. The topological polar surface area (TPSA) is 113 Å². The zero-order chi connectivity index (χ0) is 41.2. The van der Waals surface area contributed by atoms with Gasteiger partial charge in [0.1, 0.15) is 35.3 Å². The Hall–Kier alpha value is -5.35. The number of carboxylic acid groups (broad SMARTS) is 1. The molecule has 1 amide bonds. The van der Waals surface area contributed by atoms with Crippen molar-refractivity contribution >= 4 is 17.6 Å². The molecule has 3 aromatic carbocycles. The minimum absolute atomic E-state index is 0.00132. The molecule has 4 aromatic rings. The van der Waals surface area contributed by atoms with Crippen molar-refractivity contribution in [1.29, 1.82) is 0 Å². The number of carbonyl (C=O) groups is 2. The van der Waals surface area contributed by atoms with E-state index in [4.69, 9.17) is 9.47 Å². The molecule has 306 valence electrons. The fraction of sp³-hybridized carbons (Fsp3) is 0.405. The largest absolute Gasteiger partial charge is 0.481 e. The van der Waals surface area contributed by atoms with Gasteiger partial charge in [-0.25, -0.2) is 13.2 Å². The number of carbonyl (C=O) groups excluding carboxylic acids is 1. The number of likely N-dealkylation sites (tertiary alicyclic amines) is 1. The third-order valence-electron chi connectivity index (χ3n) is 11.6. The number of rotatable bonds is 7. The van der Waals surface area contributed by atoms with E-state index >= 15 is 8.78 Å². The van der Waals surface area contributed by atoms with Gasteiger partial charge in [-0.2, -0.15) is 13.2 Å². The van der Waals surface area contributed by atoms with Crippen LogP contribution in [-0.2, 0) is 26.9 Å². The molecular formula is C42H40F6N4O6. The molecule has 0 aliphatic carbocycles. The van der Waals surface area contributed by atoms with Gasteiger partial charge in [0.2, 0.25) is 5.91 Å². The number of carboxylic acids is 1. The van der Waals surface area contributed by atoms with Gasteiger partial charge in [0.05, 0.1) is 43.3 Å². The van der Waals surface area contributed by atoms with Gasteiger partial charge in [0.15, 0.2) is 0 Å². The second-order valence-electron chi connectivity index (χ2n) is 15.6. The summed E-state index contributed by atoms with van der Waals surface area (Å²) in [7, 11) is 0. The molecule has 4 atom stereocenters. The van der Waals surface area contributed by atoms with Gasteiger partial charge in [-0.3, -0.25) is 23.9 Å². The normalized spacial score (nSPS) is 22.2. The Labute approximate surface area is 329 Å². The Kier molecular flexibility index (Phi) is 10.3. The first-order valence-electron chi connectivity index (χ1n) is 19.0. The Morgan fingerprint density at radius 3 is 2.34 bits per heavy atom. The van der Waals surface area contributed by atoms with Crippen molar-refractivity contribution in [2.75, 3.05) is 37.7 Å². The number of aliphatic carboxylic acids is 1. The van der Waals surface area contributed by atoms with E-state index in [1.165, 1.54) is 25.1 Å². The lowest BCUT2D eigenvalue weighted by molar-refractivity contribution is -0.139. The van der Waals surface area contributed by atoms with Crippen molar-refractivity contribution in [3.63, 3.8) is 0 Å². The first kappa shape index (κ1) is 39.5. The van der Waals surface area contributed by atoms with Gasteiger partial charge < -0.3 is 24.8 Å². The number of alkyl halides is 4. The van der Waals surface area contributed by atoms with Crippen LogP contribution < -0.4 is 20.5 Å². The standard InChI is InChI=1S/C42H40F6N4O6/c1-21-10-28(52-26-3-4-27(52)20-57-19-26)12-35-38(21)24-9-22(2)39(45)31(11-24)34(15-37(54)55)49-41(56)40(30-13-29(58-35)5-6-33(30)44)51-16-23(7-8-50-17-25(43)18-50)32(14-36(51)53)42(46,47)48/h5-6,9-14,16,25-27,34,40H,3-4,7-8,15,17-20H2,1-2H3,(H,49,56)(H,54,55). The van der Waals surface area contributed by atoms with E-state index in [0.717, 1.165) is 30.8 Å². The first-order chi connectivity index (χ1) is 27.5. The fourth-order valence-electron chi connectivity index (χ4n) is 8.81. The zero-order valence-electron chi connectivity index (χ0n) is 31.5. The van der Waals surface area contributed by atoms with Gasteiger partial charge in [-0.1, -0.05) is 0 Å². The quantitative estimate of drug-likeness (QED) is 0.192. The van der Waals surface area contributed by atoms with Crippen LogP contribution in [0, 0.1) is 25.5 Å². The number of ether oxygens (including phenoxy) is 2. The van der Waals surface area contributed by atoms with E-state index in [2.05, 4.69) is 10.2 Å². The van der Waals surface area contributed by atoms with Crippen LogP contribution in [0.4, 0.5) is 32.0 Å².